The second kappa shape index (κ2) is 6.18. The maximum absolute atomic E-state index is 13.5. The van der Waals surface area contributed by atoms with Gasteiger partial charge in [-0.3, -0.25) is 4.79 Å². The molecule has 0 aliphatic heterocycles. The molecule has 0 atom stereocenters. The summed E-state index contributed by atoms with van der Waals surface area (Å²) in [7, 11) is 1.58. The number of ether oxygens (including phenoxy) is 1. The summed E-state index contributed by atoms with van der Waals surface area (Å²) >= 11 is 3.38. The Morgan fingerprint density at radius 3 is 2.60 bits per heavy atom. The quantitative estimate of drug-likeness (QED) is 0.776. The SMILES string of the molecule is COc1ccc(CC(=O)c2ccc(C)c(F)c2)cc1Br. The average Bonchev–Trinajstić information content (AvgIpc) is 2.42. The lowest BCUT2D eigenvalue weighted by atomic mass is 10.0. The van der Waals surface area contributed by atoms with E-state index in [1.165, 1.54) is 6.07 Å². The van der Waals surface area contributed by atoms with Crippen molar-refractivity contribution in [2.75, 3.05) is 7.11 Å². The predicted molar refractivity (Wildman–Crippen MR) is 79.9 cm³/mol. The highest BCUT2D eigenvalue weighted by atomic mass is 79.9. The Morgan fingerprint density at radius 1 is 1.25 bits per heavy atom. The summed E-state index contributed by atoms with van der Waals surface area (Å²) in [6, 6.07) is 10.0. The number of carbonyl (C=O) groups is 1. The van der Waals surface area contributed by atoms with Crippen LogP contribution in [0.1, 0.15) is 21.5 Å². The molecule has 0 heterocycles. The van der Waals surface area contributed by atoms with Gasteiger partial charge in [0.15, 0.2) is 5.78 Å². The van der Waals surface area contributed by atoms with Gasteiger partial charge in [0.05, 0.1) is 11.6 Å². The van der Waals surface area contributed by atoms with Gasteiger partial charge in [0.2, 0.25) is 0 Å². The van der Waals surface area contributed by atoms with Crippen molar-refractivity contribution in [3.63, 3.8) is 0 Å². The molecule has 0 fully saturated rings. The number of carbonyl (C=O) groups excluding carboxylic acids is 1. The van der Waals surface area contributed by atoms with E-state index in [1.807, 2.05) is 12.1 Å². The third-order valence-corrected chi connectivity index (χ3v) is 3.69. The van der Waals surface area contributed by atoms with Crippen molar-refractivity contribution in [3.8, 4) is 5.75 Å². The lowest BCUT2D eigenvalue weighted by molar-refractivity contribution is 0.0992. The van der Waals surface area contributed by atoms with E-state index in [0.717, 1.165) is 10.0 Å². The van der Waals surface area contributed by atoms with Gasteiger partial charge in [-0.25, -0.2) is 4.39 Å². The van der Waals surface area contributed by atoms with Gasteiger partial charge in [-0.15, -0.1) is 0 Å². The summed E-state index contributed by atoms with van der Waals surface area (Å²) in [5.41, 5.74) is 1.78. The lowest BCUT2D eigenvalue weighted by Crippen LogP contribution is -2.04. The molecule has 0 aliphatic carbocycles. The molecule has 0 aromatic heterocycles. The van der Waals surface area contributed by atoms with Crippen molar-refractivity contribution in [2.24, 2.45) is 0 Å². The van der Waals surface area contributed by atoms with Crippen LogP contribution in [0.15, 0.2) is 40.9 Å². The molecule has 4 heteroatoms. The highest BCUT2D eigenvalue weighted by molar-refractivity contribution is 9.10. The topological polar surface area (TPSA) is 26.3 Å². The molecular weight excluding hydrogens is 323 g/mol. The number of hydrogen-bond donors (Lipinski definition) is 0. The third-order valence-electron chi connectivity index (χ3n) is 3.07. The average molecular weight is 337 g/mol. The Balaban J connectivity index is 2.19. The molecule has 2 nitrogen and oxygen atoms in total. The summed E-state index contributed by atoms with van der Waals surface area (Å²) in [6.45, 7) is 1.67. The number of methoxy groups -OCH3 is 1. The summed E-state index contributed by atoms with van der Waals surface area (Å²) in [5.74, 6) is 0.246. The highest BCUT2D eigenvalue weighted by Crippen LogP contribution is 2.26. The molecule has 0 unspecified atom stereocenters. The van der Waals surface area contributed by atoms with Crippen LogP contribution in [-0.4, -0.2) is 12.9 Å². The molecule has 2 aromatic carbocycles. The maximum atomic E-state index is 13.5. The first-order valence-corrected chi connectivity index (χ1v) is 6.92. The van der Waals surface area contributed by atoms with Gasteiger partial charge in [0.25, 0.3) is 0 Å². The first-order chi connectivity index (χ1) is 9.51. The minimum absolute atomic E-state index is 0.110. The number of benzene rings is 2. The van der Waals surface area contributed by atoms with Gasteiger partial charge in [-0.1, -0.05) is 18.2 Å². The number of rotatable bonds is 4. The van der Waals surface area contributed by atoms with E-state index in [4.69, 9.17) is 4.74 Å². The van der Waals surface area contributed by atoms with Crippen LogP contribution < -0.4 is 4.74 Å². The van der Waals surface area contributed by atoms with Crippen molar-refractivity contribution < 1.29 is 13.9 Å². The largest absolute Gasteiger partial charge is 0.496 e. The number of Topliss-reactive ketones (excluding diaryl/α,β-unsaturated/α-hetero) is 1. The summed E-state index contributed by atoms with van der Waals surface area (Å²) in [4.78, 5) is 12.1. The number of ketones is 1. The van der Waals surface area contributed by atoms with E-state index in [9.17, 15) is 9.18 Å². The normalized spacial score (nSPS) is 10.4. The van der Waals surface area contributed by atoms with Crippen LogP contribution in [0.2, 0.25) is 0 Å². The molecule has 0 saturated carbocycles. The molecule has 0 N–H and O–H groups in total. The van der Waals surface area contributed by atoms with Crippen LogP contribution >= 0.6 is 15.9 Å². The van der Waals surface area contributed by atoms with Gasteiger partial charge in [-0.05, 0) is 52.2 Å². The van der Waals surface area contributed by atoms with Crippen molar-refractivity contribution in [3.05, 3.63) is 63.4 Å². The van der Waals surface area contributed by atoms with Gasteiger partial charge in [-0.2, -0.15) is 0 Å². The fourth-order valence-corrected chi connectivity index (χ4v) is 2.46. The van der Waals surface area contributed by atoms with E-state index in [2.05, 4.69) is 15.9 Å². The van der Waals surface area contributed by atoms with Gasteiger partial charge < -0.3 is 4.74 Å². The van der Waals surface area contributed by atoms with Crippen molar-refractivity contribution in [2.45, 2.75) is 13.3 Å². The van der Waals surface area contributed by atoms with Crippen molar-refractivity contribution in [1.29, 1.82) is 0 Å². The second-order valence-corrected chi connectivity index (χ2v) is 5.39. The number of hydrogen-bond acceptors (Lipinski definition) is 2. The van der Waals surface area contributed by atoms with Crippen molar-refractivity contribution in [1.82, 2.24) is 0 Å². The Morgan fingerprint density at radius 2 is 2.00 bits per heavy atom. The second-order valence-electron chi connectivity index (χ2n) is 4.53. The first kappa shape index (κ1) is 14.7. The molecule has 0 amide bonds. The monoisotopic (exact) mass is 336 g/mol. The fourth-order valence-electron chi connectivity index (χ4n) is 1.87. The van der Waals surface area contributed by atoms with Gasteiger partial charge in [0, 0.05) is 12.0 Å². The van der Waals surface area contributed by atoms with Crippen LogP contribution in [-0.2, 0) is 6.42 Å². The molecular formula is C16H14BrFO2. The van der Waals surface area contributed by atoms with E-state index in [1.54, 1.807) is 32.2 Å². The Hall–Kier alpha value is -1.68. The molecule has 2 rings (SSSR count). The zero-order valence-electron chi connectivity index (χ0n) is 11.2. The summed E-state index contributed by atoms with van der Waals surface area (Å²) in [5, 5.41) is 0. The number of halogens is 2. The molecule has 2 aromatic rings. The van der Waals surface area contributed by atoms with Crippen LogP contribution in [0.4, 0.5) is 4.39 Å². The van der Waals surface area contributed by atoms with Crippen molar-refractivity contribution >= 4 is 21.7 Å². The zero-order valence-corrected chi connectivity index (χ0v) is 12.8. The molecule has 0 radical (unpaired) electrons. The lowest BCUT2D eigenvalue weighted by Gasteiger charge is -2.06. The number of aryl methyl sites for hydroxylation is 1. The zero-order chi connectivity index (χ0) is 14.7. The molecule has 0 spiro atoms. The highest BCUT2D eigenvalue weighted by Gasteiger charge is 2.10. The van der Waals surface area contributed by atoms with E-state index < -0.39 is 0 Å². The van der Waals surface area contributed by atoms with Crippen LogP contribution in [0.5, 0.6) is 5.75 Å². The van der Waals surface area contributed by atoms with Crippen LogP contribution in [0.3, 0.4) is 0 Å². The molecule has 20 heavy (non-hydrogen) atoms. The van der Waals surface area contributed by atoms with Crippen LogP contribution in [0, 0.1) is 12.7 Å². The minimum Gasteiger partial charge on any atom is -0.496 e. The van der Waals surface area contributed by atoms with E-state index in [-0.39, 0.29) is 18.0 Å². The summed E-state index contributed by atoms with van der Waals surface area (Å²) in [6.07, 6.45) is 0.227. The maximum Gasteiger partial charge on any atom is 0.167 e. The summed E-state index contributed by atoms with van der Waals surface area (Å²) < 4.78 is 19.4. The Kier molecular flexibility index (Phi) is 4.55. The van der Waals surface area contributed by atoms with Gasteiger partial charge >= 0.3 is 0 Å². The smallest absolute Gasteiger partial charge is 0.167 e. The first-order valence-electron chi connectivity index (χ1n) is 6.13. The third kappa shape index (κ3) is 3.25. The predicted octanol–water partition coefficient (Wildman–Crippen LogP) is 4.33. The van der Waals surface area contributed by atoms with E-state index in [0.29, 0.717) is 16.9 Å². The minimum atomic E-state index is -0.355. The standard InChI is InChI=1S/C16H14BrFO2/c1-10-3-5-12(9-14(10)18)15(19)8-11-4-6-16(20-2)13(17)7-11/h3-7,9H,8H2,1-2H3. The Bertz CT molecular complexity index is 653. The van der Waals surface area contributed by atoms with Gasteiger partial charge in [0.1, 0.15) is 11.6 Å². The molecule has 104 valence electrons. The fraction of sp³-hybridized carbons (Fsp3) is 0.188. The van der Waals surface area contributed by atoms with Crippen LogP contribution in [0.25, 0.3) is 0 Å². The molecule has 0 aliphatic rings. The van der Waals surface area contributed by atoms with E-state index >= 15 is 0 Å². The molecule has 0 saturated heterocycles. The Labute approximate surface area is 125 Å². The molecule has 0 bridgehead atoms.